The van der Waals surface area contributed by atoms with Gasteiger partial charge in [-0.2, -0.15) is 0 Å². The van der Waals surface area contributed by atoms with Gasteiger partial charge in [0.05, 0.1) is 5.92 Å². The van der Waals surface area contributed by atoms with E-state index in [-0.39, 0.29) is 24.7 Å². The molecule has 0 spiro atoms. The Labute approximate surface area is 190 Å². The number of anilines is 1. The molecule has 8 nitrogen and oxygen atoms in total. The molecule has 3 heterocycles. The zero-order valence-corrected chi connectivity index (χ0v) is 18.4. The fourth-order valence-corrected chi connectivity index (χ4v) is 4.44. The number of esters is 1. The Hall–Kier alpha value is -3.81. The zero-order valence-electron chi connectivity index (χ0n) is 18.4. The summed E-state index contributed by atoms with van der Waals surface area (Å²) < 4.78 is 16.6. The van der Waals surface area contributed by atoms with Crippen molar-refractivity contribution in [2.24, 2.45) is 5.92 Å². The summed E-state index contributed by atoms with van der Waals surface area (Å²) in [6, 6.07) is 12.8. The number of H-pyrrole nitrogens is 1. The number of nitrogens with zero attached hydrogens (tertiary/aromatic N) is 1. The molecule has 33 heavy (non-hydrogen) atoms. The number of nitrogens with one attached hydrogen (secondary N) is 1. The van der Waals surface area contributed by atoms with Gasteiger partial charge in [0.15, 0.2) is 17.6 Å². The number of Topliss-reactive ketones (excluding diaryl/α,β-unsaturated/α-hetero) is 1. The highest BCUT2D eigenvalue weighted by atomic mass is 16.6. The van der Waals surface area contributed by atoms with Crippen molar-refractivity contribution >= 4 is 34.3 Å². The summed E-state index contributed by atoms with van der Waals surface area (Å²) in [6.45, 7) is 4.50. The fourth-order valence-electron chi connectivity index (χ4n) is 4.44. The van der Waals surface area contributed by atoms with Crippen LogP contribution in [0.4, 0.5) is 5.69 Å². The Balaban J connectivity index is 1.28. The van der Waals surface area contributed by atoms with Crippen LogP contribution in [0.15, 0.2) is 42.5 Å². The average Bonchev–Trinajstić information content (AvgIpc) is 3.37. The predicted molar refractivity (Wildman–Crippen MR) is 121 cm³/mol. The molecule has 1 saturated heterocycles. The summed E-state index contributed by atoms with van der Waals surface area (Å²) in [4.78, 5) is 43.3. The van der Waals surface area contributed by atoms with Crippen LogP contribution in [0.2, 0.25) is 0 Å². The van der Waals surface area contributed by atoms with Gasteiger partial charge in [-0.15, -0.1) is 0 Å². The summed E-state index contributed by atoms with van der Waals surface area (Å²) in [5.74, 6) is -0.448. The topological polar surface area (TPSA) is 97.9 Å². The molecule has 5 rings (SSSR count). The molecule has 2 aromatic carbocycles. The van der Waals surface area contributed by atoms with E-state index in [4.69, 9.17) is 14.2 Å². The van der Waals surface area contributed by atoms with E-state index in [0.29, 0.717) is 36.0 Å². The van der Waals surface area contributed by atoms with E-state index in [1.807, 2.05) is 31.2 Å². The number of amides is 1. The molecule has 0 bridgehead atoms. The highest BCUT2D eigenvalue weighted by Crippen LogP contribution is 2.36. The standard InChI is InChI=1S/C25H24N2O6/c1-14-23(18-5-3-4-6-19(18)26-14)24(29)15(2)33-25(30)16-11-22(28)27(13-16)17-7-8-20-21(12-17)32-10-9-31-20/h3-8,12,15-16,26H,9-11,13H2,1-2H3/t15-,16+/m0/s1. The molecule has 0 saturated carbocycles. The van der Waals surface area contributed by atoms with Crippen molar-refractivity contribution < 1.29 is 28.6 Å². The van der Waals surface area contributed by atoms with Crippen LogP contribution in [-0.2, 0) is 14.3 Å². The van der Waals surface area contributed by atoms with Gasteiger partial charge in [0, 0.05) is 46.9 Å². The molecule has 2 aliphatic heterocycles. The summed E-state index contributed by atoms with van der Waals surface area (Å²) in [6.07, 6.45) is -0.936. The third-order valence-corrected chi connectivity index (χ3v) is 6.10. The van der Waals surface area contributed by atoms with Crippen LogP contribution in [0, 0.1) is 12.8 Å². The smallest absolute Gasteiger partial charge is 0.312 e. The summed E-state index contributed by atoms with van der Waals surface area (Å²) in [5.41, 5.74) is 2.74. The lowest BCUT2D eigenvalue weighted by atomic mass is 10.0. The lowest BCUT2D eigenvalue weighted by Gasteiger charge is -2.22. The van der Waals surface area contributed by atoms with Crippen LogP contribution < -0.4 is 14.4 Å². The van der Waals surface area contributed by atoms with Crippen molar-refractivity contribution in [2.75, 3.05) is 24.7 Å². The SMILES string of the molecule is Cc1[nH]c2ccccc2c1C(=O)[C@H](C)OC(=O)[C@@H]1CC(=O)N(c2ccc3c(c2)OCCO3)C1. The number of para-hydroxylation sites is 1. The van der Waals surface area contributed by atoms with Crippen LogP contribution in [0.1, 0.15) is 29.4 Å². The number of rotatable bonds is 5. The molecule has 0 unspecified atom stereocenters. The third kappa shape index (κ3) is 3.82. The van der Waals surface area contributed by atoms with E-state index in [9.17, 15) is 14.4 Å². The van der Waals surface area contributed by atoms with E-state index in [2.05, 4.69) is 4.98 Å². The van der Waals surface area contributed by atoms with Gasteiger partial charge in [0.1, 0.15) is 13.2 Å². The van der Waals surface area contributed by atoms with Crippen molar-refractivity contribution in [3.63, 3.8) is 0 Å². The van der Waals surface area contributed by atoms with E-state index >= 15 is 0 Å². The Morgan fingerprint density at radius 2 is 1.88 bits per heavy atom. The molecule has 1 amide bonds. The molecule has 2 aliphatic rings. The highest BCUT2D eigenvalue weighted by Gasteiger charge is 2.38. The van der Waals surface area contributed by atoms with E-state index < -0.39 is 18.0 Å². The number of ketones is 1. The number of benzene rings is 2. The highest BCUT2D eigenvalue weighted by molar-refractivity contribution is 6.11. The van der Waals surface area contributed by atoms with Crippen molar-refractivity contribution in [3.8, 4) is 11.5 Å². The van der Waals surface area contributed by atoms with Gasteiger partial charge in [0.2, 0.25) is 11.7 Å². The maximum atomic E-state index is 13.1. The van der Waals surface area contributed by atoms with Gasteiger partial charge in [-0.3, -0.25) is 14.4 Å². The number of hydrogen-bond donors (Lipinski definition) is 1. The number of aryl methyl sites for hydroxylation is 1. The second kappa shape index (κ2) is 8.27. The molecule has 1 fully saturated rings. The number of aromatic nitrogens is 1. The zero-order chi connectivity index (χ0) is 23.1. The first-order chi connectivity index (χ1) is 15.9. The monoisotopic (exact) mass is 448 g/mol. The van der Waals surface area contributed by atoms with Gasteiger partial charge in [-0.25, -0.2) is 0 Å². The first-order valence-corrected chi connectivity index (χ1v) is 10.9. The number of carbonyl (C=O) groups excluding carboxylic acids is 3. The lowest BCUT2D eigenvalue weighted by molar-refractivity contribution is -0.151. The van der Waals surface area contributed by atoms with Crippen LogP contribution >= 0.6 is 0 Å². The lowest BCUT2D eigenvalue weighted by Crippen LogP contribution is -2.30. The Bertz CT molecular complexity index is 1260. The molecule has 0 aliphatic carbocycles. The van der Waals surface area contributed by atoms with Crippen LogP contribution in [0.25, 0.3) is 10.9 Å². The Morgan fingerprint density at radius 1 is 1.12 bits per heavy atom. The summed E-state index contributed by atoms with van der Waals surface area (Å²) >= 11 is 0. The van der Waals surface area contributed by atoms with Crippen LogP contribution in [0.3, 0.4) is 0 Å². The van der Waals surface area contributed by atoms with Crippen molar-refractivity contribution in [1.29, 1.82) is 0 Å². The molecule has 0 radical (unpaired) electrons. The summed E-state index contributed by atoms with van der Waals surface area (Å²) in [7, 11) is 0. The van der Waals surface area contributed by atoms with Crippen molar-refractivity contribution in [1.82, 2.24) is 4.98 Å². The number of aromatic amines is 1. The number of ether oxygens (including phenoxy) is 3. The quantitative estimate of drug-likeness (QED) is 0.475. The van der Waals surface area contributed by atoms with Gasteiger partial charge >= 0.3 is 5.97 Å². The van der Waals surface area contributed by atoms with E-state index in [1.54, 1.807) is 30.0 Å². The summed E-state index contributed by atoms with van der Waals surface area (Å²) in [5, 5.41) is 0.795. The second-order valence-corrected chi connectivity index (χ2v) is 8.35. The van der Waals surface area contributed by atoms with Gasteiger partial charge < -0.3 is 24.1 Å². The van der Waals surface area contributed by atoms with Crippen molar-refractivity contribution in [3.05, 3.63) is 53.7 Å². The van der Waals surface area contributed by atoms with E-state index in [1.165, 1.54) is 0 Å². The molecule has 1 aromatic heterocycles. The third-order valence-electron chi connectivity index (χ3n) is 6.10. The first kappa shape index (κ1) is 21.1. The number of carbonyl (C=O) groups is 3. The Kier molecular flexibility index (Phi) is 5.28. The number of fused-ring (bicyclic) bond motifs is 2. The molecule has 1 N–H and O–H groups in total. The molecule has 170 valence electrons. The minimum absolute atomic E-state index is 0.0281. The van der Waals surface area contributed by atoms with Gasteiger partial charge in [0.25, 0.3) is 0 Å². The van der Waals surface area contributed by atoms with E-state index in [0.717, 1.165) is 16.6 Å². The minimum atomic E-state index is -0.964. The fraction of sp³-hybridized carbons (Fsp3) is 0.320. The largest absolute Gasteiger partial charge is 0.486 e. The normalized spacial score (nSPS) is 18.4. The minimum Gasteiger partial charge on any atom is -0.486 e. The molecule has 8 heteroatoms. The predicted octanol–water partition coefficient (Wildman–Crippen LogP) is 3.42. The molecule has 2 atom stereocenters. The molecular formula is C25H24N2O6. The maximum Gasteiger partial charge on any atom is 0.312 e. The average molecular weight is 448 g/mol. The van der Waals surface area contributed by atoms with Crippen LogP contribution in [0.5, 0.6) is 11.5 Å². The van der Waals surface area contributed by atoms with Crippen LogP contribution in [-0.4, -0.2) is 48.5 Å². The van der Waals surface area contributed by atoms with Crippen molar-refractivity contribution in [2.45, 2.75) is 26.4 Å². The maximum absolute atomic E-state index is 13.1. The Morgan fingerprint density at radius 3 is 2.70 bits per heavy atom. The van der Waals surface area contributed by atoms with Gasteiger partial charge in [-0.1, -0.05) is 18.2 Å². The number of hydrogen-bond acceptors (Lipinski definition) is 6. The van der Waals surface area contributed by atoms with Gasteiger partial charge in [-0.05, 0) is 32.0 Å². The molecular weight excluding hydrogens is 424 g/mol. The first-order valence-electron chi connectivity index (χ1n) is 10.9. The molecule has 3 aromatic rings. The second-order valence-electron chi connectivity index (χ2n) is 8.35.